The summed E-state index contributed by atoms with van der Waals surface area (Å²) in [5.74, 6) is 1.50. The number of nitrogens with one attached hydrogen (secondary N) is 2. The van der Waals surface area contributed by atoms with Crippen LogP contribution in [0.4, 0.5) is 4.39 Å². The molecule has 0 aliphatic carbocycles. The third-order valence-electron chi connectivity index (χ3n) is 3.94. The summed E-state index contributed by atoms with van der Waals surface area (Å²) in [5.41, 5.74) is 1.70. The van der Waals surface area contributed by atoms with E-state index in [0.29, 0.717) is 31.2 Å². The van der Waals surface area contributed by atoms with Crippen LogP contribution in [0.5, 0.6) is 0 Å². The molecule has 7 nitrogen and oxygen atoms in total. The fourth-order valence-corrected chi connectivity index (χ4v) is 2.64. The van der Waals surface area contributed by atoms with E-state index in [1.807, 2.05) is 29.6 Å². The fourth-order valence-electron chi connectivity index (χ4n) is 2.64. The summed E-state index contributed by atoms with van der Waals surface area (Å²) in [4.78, 5) is 6.17. The van der Waals surface area contributed by atoms with Crippen LogP contribution in [0.1, 0.15) is 23.9 Å². The first-order valence-corrected chi connectivity index (χ1v) is 8.76. The van der Waals surface area contributed by atoms with E-state index in [1.54, 1.807) is 19.4 Å². The smallest absolute Gasteiger partial charge is 0.191 e. The predicted octanol–water partition coefficient (Wildman–Crippen LogP) is 2.02. The van der Waals surface area contributed by atoms with Gasteiger partial charge in [-0.25, -0.2) is 4.39 Å². The molecule has 0 saturated carbocycles. The van der Waals surface area contributed by atoms with Gasteiger partial charge in [-0.1, -0.05) is 13.0 Å². The number of hydrogen-bond donors (Lipinski definition) is 2. The molecule has 0 saturated heterocycles. The standard InChI is InChI=1S/C18H28FN7.HI/c1-5-17-24-23-13-26(17)9-8-21-18(20-2)22-11-14-6-7-16(19)15(10-14)12-25(3)4;/h6-7,10,13H,5,8-9,11-12H2,1-4H3,(H2,20,21,22);1H. The van der Waals surface area contributed by atoms with Gasteiger partial charge < -0.3 is 20.1 Å². The molecule has 1 aromatic heterocycles. The summed E-state index contributed by atoms with van der Waals surface area (Å²) in [6.45, 7) is 4.68. The van der Waals surface area contributed by atoms with Crippen LogP contribution in [-0.4, -0.2) is 53.3 Å². The van der Waals surface area contributed by atoms with Crippen molar-refractivity contribution in [2.45, 2.75) is 33.0 Å². The summed E-state index contributed by atoms with van der Waals surface area (Å²) in [6, 6.07) is 5.20. The highest BCUT2D eigenvalue weighted by Gasteiger charge is 2.06. The number of aliphatic imine (C=N–C) groups is 1. The highest BCUT2D eigenvalue weighted by Crippen LogP contribution is 2.12. The van der Waals surface area contributed by atoms with E-state index in [0.717, 1.165) is 24.4 Å². The molecule has 0 fully saturated rings. The summed E-state index contributed by atoms with van der Waals surface area (Å²) in [6.07, 6.45) is 2.59. The molecule has 0 radical (unpaired) electrons. The third kappa shape index (κ3) is 7.41. The topological polar surface area (TPSA) is 70.4 Å². The van der Waals surface area contributed by atoms with Crippen molar-refractivity contribution in [3.63, 3.8) is 0 Å². The number of nitrogens with zero attached hydrogens (tertiary/aromatic N) is 5. The summed E-state index contributed by atoms with van der Waals surface area (Å²) in [5, 5.41) is 14.5. The zero-order chi connectivity index (χ0) is 18.9. The van der Waals surface area contributed by atoms with Gasteiger partial charge in [0.2, 0.25) is 0 Å². The van der Waals surface area contributed by atoms with Gasteiger partial charge in [-0.2, -0.15) is 0 Å². The van der Waals surface area contributed by atoms with Crippen molar-refractivity contribution < 1.29 is 4.39 Å². The molecule has 0 aliphatic rings. The maximum Gasteiger partial charge on any atom is 0.191 e. The Morgan fingerprint density at radius 1 is 1.30 bits per heavy atom. The van der Waals surface area contributed by atoms with Crippen molar-refractivity contribution in [3.8, 4) is 0 Å². The van der Waals surface area contributed by atoms with Gasteiger partial charge in [0.05, 0.1) is 0 Å². The van der Waals surface area contributed by atoms with Gasteiger partial charge in [-0.15, -0.1) is 34.2 Å². The fraction of sp³-hybridized carbons (Fsp3) is 0.500. The van der Waals surface area contributed by atoms with E-state index in [2.05, 4.69) is 32.7 Å². The van der Waals surface area contributed by atoms with E-state index in [4.69, 9.17) is 0 Å². The van der Waals surface area contributed by atoms with Crippen molar-refractivity contribution in [2.75, 3.05) is 27.7 Å². The molecular formula is C18H29FIN7. The van der Waals surface area contributed by atoms with E-state index in [-0.39, 0.29) is 29.8 Å². The summed E-state index contributed by atoms with van der Waals surface area (Å²) < 4.78 is 15.9. The molecule has 2 N–H and O–H groups in total. The number of hydrogen-bond acceptors (Lipinski definition) is 4. The first-order chi connectivity index (χ1) is 12.5. The Morgan fingerprint density at radius 2 is 2.07 bits per heavy atom. The first kappa shape index (κ1) is 23.3. The number of halogens is 2. The van der Waals surface area contributed by atoms with Crippen LogP contribution in [-0.2, 0) is 26.1 Å². The second kappa shape index (κ2) is 11.9. The molecule has 9 heteroatoms. The SMILES string of the molecule is CCc1nncn1CCNC(=NC)NCc1ccc(F)c(CN(C)C)c1.I. The number of aromatic nitrogens is 3. The van der Waals surface area contributed by atoms with Crippen LogP contribution in [0.3, 0.4) is 0 Å². The largest absolute Gasteiger partial charge is 0.355 e. The van der Waals surface area contributed by atoms with Crippen molar-refractivity contribution in [1.82, 2.24) is 30.3 Å². The molecule has 0 atom stereocenters. The van der Waals surface area contributed by atoms with Crippen molar-refractivity contribution in [2.24, 2.45) is 4.99 Å². The van der Waals surface area contributed by atoms with Crippen LogP contribution in [0.15, 0.2) is 29.5 Å². The van der Waals surface area contributed by atoms with Gasteiger partial charge >= 0.3 is 0 Å². The van der Waals surface area contributed by atoms with Crippen LogP contribution in [0.25, 0.3) is 0 Å². The van der Waals surface area contributed by atoms with Crippen LogP contribution < -0.4 is 10.6 Å². The molecule has 2 rings (SSSR count). The average molecular weight is 489 g/mol. The van der Waals surface area contributed by atoms with E-state index < -0.39 is 0 Å². The molecule has 1 heterocycles. The van der Waals surface area contributed by atoms with Gasteiger partial charge in [0.25, 0.3) is 0 Å². The predicted molar refractivity (Wildman–Crippen MR) is 117 cm³/mol. The molecule has 0 aliphatic heterocycles. The van der Waals surface area contributed by atoms with Crippen molar-refractivity contribution >= 4 is 29.9 Å². The Kier molecular flexibility index (Phi) is 10.2. The summed E-state index contributed by atoms with van der Waals surface area (Å²) >= 11 is 0. The number of guanidine groups is 1. The Hall–Kier alpha value is -1.75. The third-order valence-corrected chi connectivity index (χ3v) is 3.94. The second-order valence-corrected chi connectivity index (χ2v) is 6.31. The Morgan fingerprint density at radius 3 is 2.74 bits per heavy atom. The monoisotopic (exact) mass is 489 g/mol. The lowest BCUT2D eigenvalue weighted by Crippen LogP contribution is -2.38. The van der Waals surface area contributed by atoms with Crippen LogP contribution in [0, 0.1) is 5.82 Å². The molecule has 0 unspecified atom stereocenters. The molecule has 0 amide bonds. The minimum Gasteiger partial charge on any atom is -0.355 e. The zero-order valence-corrected chi connectivity index (χ0v) is 18.7. The Bertz CT molecular complexity index is 730. The van der Waals surface area contributed by atoms with Gasteiger partial charge in [0.1, 0.15) is 18.0 Å². The van der Waals surface area contributed by atoms with E-state index in [1.165, 1.54) is 6.07 Å². The average Bonchev–Trinajstić information content (AvgIpc) is 3.07. The lowest BCUT2D eigenvalue weighted by atomic mass is 10.1. The number of aryl methyl sites for hydroxylation is 1. The number of rotatable bonds is 8. The lowest BCUT2D eigenvalue weighted by Gasteiger charge is -2.14. The minimum atomic E-state index is -0.175. The maximum absolute atomic E-state index is 13.9. The van der Waals surface area contributed by atoms with Crippen LogP contribution in [0.2, 0.25) is 0 Å². The second-order valence-electron chi connectivity index (χ2n) is 6.31. The van der Waals surface area contributed by atoms with Gasteiger partial charge in [-0.05, 0) is 31.8 Å². The van der Waals surface area contributed by atoms with Crippen molar-refractivity contribution in [3.05, 3.63) is 47.3 Å². The molecule has 0 spiro atoms. The quantitative estimate of drug-likeness (QED) is 0.338. The Labute approximate surface area is 177 Å². The first-order valence-electron chi connectivity index (χ1n) is 8.76. The number of benzene rings is 1. The Balaban J connectivity index is 0.00000364. The highest BCUT2D eigenvalue weighted by atomic mass is 127. The van der Waals surface area contributed by atoms with Gasteiger partial charge in [0.15, 0.2) is 5.96 Å². The minimum absolute atomic E-state index is 0. The lowest BCUT2D eigenvalue weighted by molar-refractivity contribution is 0.392. The molecular weight excluding hydrogens is 460 g/mol. The molecule has 150 valence electrons. The molecule has 0 bridgehead atoms. The maximum atomic E-state index is 13.9. The molecule has 1 aromatic carbocycles. The molecule has 27 heavy (non-hydrogen) atoms. The van der Waals surface area contributed by atoms with Gasteiger partial charge in [-0.3, -0.25) is 4.99 Å². The van der Waals surface area contributed by atoms with Gasteiger partial charge in [0, 0.05) is 45.2 Å². The van der Waals surface area contributed by atoms with E-state index in [9.17, 15) is 4.39 Å². The van der Waals surface area contributed by atoms with Crippen molar-refractivity contribution in [1.29, 1.82) is 0 Å². The molecule has 2 aromatic rings. The summed E-state index contributed by atoms with van der Waals surface area (Å²) in [7, 11) is 5.58. The van der Waals surface area contributed by atoms with E-state index >= 15 is 0 Å². The normalized spacial score (nSPS) is 11.4. The highest BCUT2D eigenvalue weighted by molar-refractivity contribution is 14.0. The van der Waals surface area contributed by atoms with Crippen LogP contribution >= 0.6 is 24.0 Å². The zero-order valence-electron chi connectivity index (χ0n) is 16.4.